The van der Waals surface area contributed by atoms with Gasteiger partial charge in [-0.15, -0.1) is 0 Å². The predicted molar refractivity (Wildman–Crippen MR) is 96.4 cm³/mol. The van der Waals surface area contributed by atoms with Crippen molar-refractivity contribution in [1.82, 2.24) is 0 Å². The van der Waals surface area contributed by atoms with Gasteiger partial charge in [-0.3, -0.25) is 9.00 Å². The van der Waals surface area contributed by atoms with Gasteiger partial charge in [-0.05, 0) is 43.3 Å². The Bertz CT molecular complexity index is 776. The minimum Gasteiger partial charge on any atom is -0.449 e. The highest BCUT2D eigenvalue weighted by atomic mass is 79.9. The van der Waals surface area contributed by atoms with Crippen molar-refractivity contribution in [2.24, 2.45) is 0 Å². The Morgan fingerprint density at radius 1 is 1.12 bits per heavy atom. The molecule has 0 aliphatic rings. The molecule has 5 nitrogen and oxygen atoms in total. The Balaban J connectivity index is 2.04. The highest BCUT2D eigenvalue weighted by Gasteiger charge is 2.21. The van der Waals surface area contributed by atoms with E-state index in [1.807, 2.05) is 0 Å². The molecule has 0 aliphatic carbocycles. The molecule has 2 atom stereocenters. The molecule has 0 bridgehead atoms. The molecular formula is C17H16BrNO4S. The predicted octanol–water partition coefficient (Wildman–Crippen LogP) is 3.37. The number of ether oxygens (including phenoxy) is 1. The number of anilines is 1. The van der Waals surface area contributed by atoms with E-state index in [-0.39, 0.29) is 5.56 Å². The third kappa shape index (κ3) is 4.75. The van der Waals surface area contributed by atoms with Gasteiger partial charge in [-0.25, -0.2) is 4.79 Å². The van der Waals surface area contributed by atoms with Gasteiger partial charge in [0.15, 0.2) is 6.10 Å². The van der Waals surface area contributed by atoms with Crippen LogP contribution in [0.1, 0.15) is 17.3 Å². The summed E-state index contributed by atoms with van der Waals surface area (Å²) in [6, 6.07) is 13.5. The highest BCUT2D eigenvalue weighted by molar-refractivity contribution is 9.10. The van der Waals surface area contributed by atoms with Crippen LogP contribution in [0.25, 0.3) is 0 Å². The monoisotopic (exact) mass is 409 g/mol. The maximum Gasteiger partial charge on any atom is 0.340 e. The minimum atomic E-state index is -1.33. The molecule has 0 spiro atoms. The molecule has 126 valence electrons. The molecule has 0 saturated carbocycles. The van der Waals surface area contributed by atoms with Gasteiger partial charge in [0.2, 0.25) is 0 Å². The SMILES string of the molecule is C[C@H](OC(=O)c1ccccc1[S@](C)=O)C(=O)Nc1ccc(Br)cc1. The first-order valence-electron chi connectivity index (χ1n) is 7.08. The van der Waals surface area contributed by atoms with Gasteiger partial charge >= 0.3 is 5.97 Å². The molecule has 0 aromatic heterocycles. The zero-order valence-corrected chi connectivity index (χ0v) is 15.5. The number of carbonyl (C=O) groups excluding carboxylic acids is 2. The van der Waals surface area contributed by atoms with Crippen LogP contribution >= 0.6 is 15.9 Å². The maximum atomic E-state index is 12.2. The van der Waals surface area contributed by atoms with E-state index in [0.717, 1.165) is 4.47 Å². The quantitative estimate of drug-likeness (QED) is 0.768. The second kappa shape index (κ2) is 8.21. The van der Waals surface area contributed by atoms with Gasteiger partial charge in [0.05, 0.1) is 21.3 Å². The second-order valence-electron chi connectivity index (χ2n) is 4.99. The van der Waals surface area contributed by atoms with E-state index in [0.29, 0.717) is 10.6 Å². The van der Waals surface area contributed by atoms with Crippen LogP contribution in [0.4, 0.5) is 5.69 Å². The molecule has 0 aliphatic heterocycles. The molecule has 1 amide bonds. The van der Waals surface area contributed by atoms with Crippen molar-refractivity contribution >= 4 is 44.3 Å². The topological polar surface area (TPSA) is 72.5 Å². The van der Waals surface area contributed by atoms with Crippen molar-refractivity contribution in [2.45, 2.75) is 17.9 Å². The van der Waals surface area contributed by atoms with E-state index >= 15 is 0 Å². The number of esters is 1. The second-order valence-corrected chi connectivity index (χ2v) is 7.26. The molecular weight excluding hydrogens is 394 g/mol. The van der Waals surface area contributed by atoms with E-state index in [1.54, 1.807) is 42.5 Å². The number of carbonyl (C=O) groups is 2. The number of halogens is 1. The molecule has 2 rings (SSSR count). The third-order valence-electron chi connectivity index (χ3n) is 3.18. The minimum absolute atomic E-state index is 0.196. The van der Waals surface area contributed by atoms with Gasteiger partial charge in [0.25, 0.3) is 5.91 Å². The fraction of sp³-hybridized carbons (Fsp3) is 0.176. The number of hydrogen-bond donors (Lipinski definition) is 1. The summed E-state index contributed by atoms with van der Waals surface area (Å²) in [7, 11) is -1.33. The van der Waals surface area contributed by atoms with E-state index in [2.05, 4.69) is 21.2 Å². The number of hydrogen-bond acceptors (Lipinski definition) is 4. The fourth-order valence-corrected chi connectivity index (χ4v) is 2.94. The van der Waals surface area contributed by atoms with Crippen LogP contribution in [0.2, 0.25) is 0 Å². The third-order valence-corrected chi connectivity index (χ3v) is 4.69. The van der Waals surface area contributed by atoms with Crippen LogP contribution in [0.15, 0.2) is 57.9 Å². The molecule has 7 heteroatoms. The maximum absolute atomic E-state index is 12.2. The number of amides is 1. The molecule has 2 aromatic carbocycles. The summed E-state index contributed by atoms with van der Waals surface area (Å²) in [6.45, 7) is 1.48. The van der Waals surface area contributed by atoms with Crippen LogP contribution in [-0.4, -0.2) is 28.4 Å². The van der Waals surface area contributed by atoms with Crippen LogP contribution in [-0.2, 0) is 20.3 Å². The molecule has 24 heavy (non-hydrogen) atoms. The summed E-state index contributed by atoms with van der Waals surface area (Å²) >= 11 is 3.31. The summed E-state index contributed by atoms with van der Waals surface area (Å²) in [5.74, 6) is -1.12. The number of nitrogens with one attached hydrogen (secondary N) is 1. The lowest BCUT2D eigenvalue weighted by molar-refractivity contribution is -0.123. The Morgan fingerprint density at radius 2 is 1.75 bits per heavy atom. The van der Waals surface area contributed by atoms with Gasteiger partial charge in [-0.2, -0.15) is 0 Å². The van der Waals surface area contributed by atoms with E-state index < -0.39 is 28.8 Å². The van der Waals surface area contributed by atoms with Crippen molar-refractivity contribution in [1.29, 1.82) is 0 Å². The van der Waals surface area contributed by atoms with Crippen LogP contribution in [0.5, 0.6) is 0 Å². The van der Waals surface area contributed by atoms with Crippen molar-refractivity contribution in [3.05, 3.63) is 58.6 Å². The lowest BCUT2D eigenvalue weighted by atomic mass is 10.2. The van der Waals surface area contributed by atoms with Gasteiger partial charge < -0.3 is 10.1 Å². The van der Waals surface area contributed by atoms with Crippen molar-refractivity contribution in [3.63, 3.8) is 0 Å². The van der Waals surface area contributed by atoms with E-state index in [9.17, 15) is 13.8 Å². The summed E-state index contributed by atoms with van der Waals surface area (Å²) in [5.41, 5.74) is 0.794. The first-order valence-corrected chi connectivity index (χ1v) is 9.43. The molecule has 0 fully saturated rings. The summed E-state index contributed by atoms with van der Waals surface area (Å²) in [5, 5.41) is 2.67. The molecule has 0 radical (unpaired) electrons. The molecule has 1 N–H and O–H groups in total. The van der Waals surface area contributed by atoms with E-state index in [1.165, 1.54) is 19.2 Å². The molecule has 2 aromatic rings. The first-order chi connectivity index (χ1) is 11.4. The largest absolute Gasteiger partial charge is 0.449 e. The molecule has 0 unspecified atom stereocenters. The van der Waals surface area contributed by atoms with E-state index in [4.69, 9.17) is 4.74 Å². The normalized spacial score (nSPS) is 13.0. The number of rotatable bonds is 5. The fourth-order valence-electron chi connectivity index (χ4n) is 1.94. The van der Waals surface area contributed by atoms with Crippen molar-refractivity contribution in [3.8, 4) is 0 Å². The molecule has 0 heterocycles. The highest BCUT2D eigenvalue weighted by Crippen LogP contribution is 2.16. The van der Waals surface area contributed by atoms with Crippen molar-refractivity contribution in [2.75, 3.05) is 11.6 Å². The summed E-state index contributed by atoms with van der Waals surface area (Å²) in [4.78, 5) is 24.7. The molecule has 0 saturated heterocycles. The van der Waals surface area contributed by atoms with Gasteiger partial charge in [0.1, 0.15) is 0 Å². The summed E-state index contributed by atoms with van der Waals surface area (Å²) < 4.78 is 17.8. The average molecular weight is 410 g/mol. The van der Waals surface area contributed by atoms with Crippen LogP contribution < -0.4 is 5.32 Å². The Morgan fingerprint density at radius 3 is 2.38 bits per heavy atom. The summed E-state index contributed by atoms with van der Waals surface area (Å²) in [6.07, 6.45) is 0.495. The van der Waals surface area contributed by atoms with Gasteiger partial charge in [-0.1, -0.05) is 28.1 Å². The van der Waals surface area contributed by atoms with Crippen LogP contribution in [0.3, 0.4) is 0 Å². The Hall–Kier alpha value is -1.99. The number of benzene rings is 2. The zero-order valence-electron chi connectivity index (χ0n) is 13.1. The Labute approximate surface area is 151 Å². The van der Waals surface area contributed by atoms with Crippen molar-refractivity contribution < 1.29 is 18.5 Å². The van der Waals surface area contributed by atoms with Gasteiger partial charge in [0, 0.05) is 16.4 Å². The lowest BCUT2D eigenvalue weighted by Gasteiger charge is -2.14. The first kappa shape index (κ1) is 18.4. The standard InChI is InChI=1S/C17H16BrNO4S/c1-11(16(20)19-13-9-7-12(18)8-10-13)23-17(21)14-5-3-4-6-15(14)24(2)22/h3-11H,1-2H3,(H,19,20)/t11-,24-/m0/s1. The Kier molecular flexibility index (Phi) is 6.28. The zero-order chi connectivity index (χ0) is 17.7. The van der Waals surface area contributed by atoms with Crippen LogP contribution in [0, 0.1) is 0 Å². The smallest absolute Gasteiger partial charge is 0.340 e. The average Bonchev–Trinajstić information content (AvgIpc) is 2.56. The lowest BCUT2D eigenvalue weighted by Crippen LogP contribution is -2.30.